The van der Waals surface area contributed by atoms with Crippen molar-refractivity contribution in [3.63, 3.8) is 0 Å². The number of urea groups is 1. The van der Waals surface area contributed by atoms with Crippen LogP contribution in [0.2, 0.25) is 0 Å². The van der Waals surface area contributed by atoms with E-state index in [1.807, 2.05) is 25.5 Å². The number of hydrogen-bond acceptors (Lipinski definition) is 3. The zero-order chi connectivity index (χ0) is 17.6. The molecule has 2 amide bonds. The molecule has 134 valence electrons. The fourth-order valence-corrected chi connectivity index (χ4v) is 3.37. The smallest absolute Gasteiger partial charge is 0.315 e. The SMILES string of the molecule is CC1CN(Cc2ccccc2)CC1NC(=O)NCCc1cnn(C)c1. The molecule has 2 aromatic rings. The normalized spacial score (nSPS) is 20.6. The Hall–Kier alpha value is -2.34. The molecular formula is C19H27N5O. The molecule has 1 aliphatic rings. The van der Waals surface area contributed by atoms with E-state index in [1.54, 1.807) is 4.68 Å². The van der Waals surface area contributed by atoms with Gasteiger partial charge in [0.15, 0.2) is 0 Å². The van der Waals surface area contributed by atoms with E-state index in [1.165, 1.54) is 5.56 Å². The van der Waals surface area contributed by atoms with Crippen molar-refractivity contribution in [2.45, 2.75) is 25.9 Å². The van der Waals surface area contributed by atoms with Gasteiger partial charge in [0.1, 0.15) is 0 Å². The predicted molar refractivity (Wildman–Crippen MR) is 98.1 cm³/mol. The molecule has 1 saturated heterocycles. The van der Waals surface area contributed by atoms with Crippen LogP contribution in [0, 0.1) is 5.92 Å². The molecule has 25 heavy (non-hydrogen) atoms. The van der Waals surface area contributed by atoms with Crippen molar-refractivity contribution in [1.82, 2.24) is 25.3 Å². The molecule has 0 radical (unpaired) electrons. The second-order valence-corrected chi connectivity index (χ2v) is 6.94. The van der Waals surface area contributed by atoms with Gasteiger partial charge in [0, 0.05) is 45.5 Å². The lowest BCUT2D eigenvalue weighted by Gasteiger charge is -2.17. The van der Waals surface area contributed by atoms with E-state index in [0.29, 0.717) is 12.5 Å². The lowest BCUT2D eigenvalue weighted by atomic mass is 10.1. The Bertz CT molecular complexity index is 684. The largest absolute Gasteiger partial charge is 0.338 e. The summed E-state index contributed by atoms with van der Waals surface area (Å²) in [7, 11) is 1.90. The van der Waals surface area contributed by atoms with Crippen LogP contribution in [0.15, 0.2) is 42.7 Å². The van der Waals surface area contributed by atoms with Gasteiger partial charge in [-0.05, 0) is 23.5 Å². The highest BCUT2D eigenvalue weighted by atomic mass is 16.2. The average molecular weight is 341 g/mol. The fourth-order valence-electron chi connectivity index (χ4n) is 3.37. The van der Waals surface area contributed by atoms with Gasteiger partial charge in [-0.25, -0.2) is 4.79 Å². The highest BCUT2D eigenvalue weighted by Crippen LogP contribution is 2.18. The molecule has 0 spiro atoms. The van der Waals surface area contributed by atoms with Crippen molar-refractivity contribution in [3.8, 4) is 0 Å². The number of nitrogens with zero attached hydrogens (tertiary/aromatic N) is 3. The Morgan fingerprint density at radius 3 is 2.76 bits per heavy atom. The highest BCUT2D eigenvalue weighted by Gasteiger charge is 2.30. The molecule has 2 heterocycles. The third-order valence-corrected chi connectivity index (χ3v) is 4.71. The lowest BCUT2D eigenvalue weighted by Crippen LogP contribution is -2.45. The first-order valence-corrected chi connectivity index (χ1v) is 8.88. The molecule has 2 unspecified atom stereocenters. The number of benzene rings is 1. The number of likely N-dealkylation sites (tertiary alicyclic amines) is 1. The first kappa shape index (κ1) is 17.5. The minimum atomic E-state index is -0.0812. The fraction of sp³-hybridized carbons (Fsp3) is 0.474. The summed E-state index contributed by atoms with van der Waals surface area (Å²) < 4.78 is 1.77. The van der Waals surface area contributed by atoms with Crippen LogP contribution < -0.4 is 10.6 Å². The van der Waals surface area contributed by atoms with Crippen LogP contribution in [0.5, 0.6) is 0 Å². The van der Waals surface area contributed by atoms with Crippen molar-refractivity contribution in [2.75, 3.05) is 19.6 Å². The van der Waals surface area contributed by atoms with E-state index in [9.17, 15) is 4.79 Å². The van der Waals surface area contributed by atoms with Crippen LogP contribution in [0.4, 0.5) is 4.79 Å². The minimum absolute atomic E-state index is 0.0812. The molecule has 2 atom stereocenters. The monoisotopic (exact) mass is 341 g/mol. The standard InChI is InChI=1S/C19H27N5O/c1-15-11-24(13-16-6-4-3-5-7-16)14-18(15)22-19(25)20-9-8-17-10-21-23(2)12-17/h3-7,10,12,15,18H,8-9,11,13-14H2,1-2H3,(H2,20,22,25). The molecule has 1 aromatic heterocycles. The second kappa shape index (κ2) is 8.16. The van der Waals surface area contributed by atoms with E-state index in [4.69, 9.17) is 0 Å². The molecule has 1 aromatic carbocycles. The molecular weight excluding hydrogens is 314 g/mol. The molecule has 0 aliphatic carbocycles. The Balaban J connectivity index is 1.40. The van der Waals surface area contributed by atoms with Gasteiger partial charge in [-0.1, -0.05) is 37.3 Å². The number of amides is 2. The molecule has 1 aliphatic heterocycles. The van der Waals surface area contributed by atoms with E-state index in [2.05, 4.69) is 51.8 Å². The minimum Gasteiger partial charge on any atom is -0.338 e. The van der Waals surface area contributed by atoms with E-state index < -0.39 is 0 Å². The Kier molecular flexibility index (Phi) is 5.71. The number of rotatable bonds is 6. The molecule has 0 bridgehead atoms. The van der Waals surface area contributed by atoms with Crippen molar-refractivity contribution >= 4 is 6.03 Å². The lowest BCUT2D eigenvalue weighted by molar-refractivity contribution is 0.234. The second-order valence-electron chi connectivity index (χ2n) is 6.94. The topological polar surface area (TPSA) is 62.2 Å². The third kappa shape index (κ3) is 5.06. The van der Waals surface area contributed by atoms with E-state index in [-0.39, 0.29) is 12.1 Å². The summed E-state index contributed by atoms with van der Waals surface area (Å²) in [6, 6.07) is 10.6. The van der Waals surface area contributed by atoms with Gasteiger partial charge >= 0.3 is 6.03 Å². The Labute approximate surface area is 149 Å². The summed E-state index contributed by atoms with van der Waals surface area (Å²) in [5.41, 5.74) is 2.45. The van der Waals surface area contributed by atoms with Gasteiger partial charge in [-0.3, -0.25) is 9.58 Å². The molecule has 6 heteroatoms. The third-order valence-electron chi connectivity index (χ3n) is 4.71. The molecule has 3 rings (SSSR count). The Morgan fingerprint density at radius 2 is 2.04 bits per heavy atom. The van der Waals surface area contributed by atoms with Gasteiger partial charge in [0.05, 0.1) is 6.20 Å². The first-order valence-electron chi connectivity index (χ1n) is 8.88. The number of aromatic nitrogens is 2. The van der Waals surface area contributed by atoms with Crippen LogP contribution in [-0.4, -0.2) is 46.4 Å². The van der Waals surface area contributed by atoms with Crippen LogP contribution in [-0.2, 0) is 20.0 Å². The van der Waals surface area contributed by atoms with Crippen molar-refractivity contribution < 1.29 is 4.79 Å². The number of carbonyl (C=O) groups excluding carboxylic acids is 1. The maximum absolute atomic E-state index is 12.1. The summed E-state index contributed by atoms with van der Waals surface area (Å²) in [5.74, 6) is 0.452. The van der Waals surface area contributed by atoms with E-state index in [0.717, 1.165) is 31.6 Å². The number of aryl methyl sites for hydroxylation is 1. The van der Waals surface area contributed by atoms with Crippen molar-refractivity contribution in [3.05, 3.63) is 53.9 Å². The van der Waals surface area contributed by atoms with Gasteiger partial charge < -0.3 is 10.6 Å². The summed E-state index contributed by atoms with van der Waals surface area (Å²) in [5, 5.41) is 10.2. The van der Waals surface area contributed by atoms with Crippen LogP contribution in [0.3, 0.4) is 0 Å². The summed E-state index contributed by atoms with van der Waals surface area (Å²) in [6.07, 6.45) is 4.60. The Morgan fingerprint density at radius 1 is 1.24 bits per heavy atom. The summed E-state index contributed by atoms with van der Waals surface area (Å²) in [4.78, 5) is 14.5. The predicted octanol–water partition coefficient (Wildman–Crippen LogP) is 1.78. The van der Waals surface area contributed by atoms with Crippen LogP contribution in [0.25, 0.3) is 0 Å². The average Bonchev–Trinajstić information content (AvgIpc) is 3.14. The van der Waals surface area contributed by atoms with Crippen LogP contribution >= 0.6 is 0 Å². The zero-order valence-corrected chi connectivity index (χ0v) is 15.0. The quantitative estimate of drug-likeness (QED) is 0.842. The van der Waals surface area contributed by atoms with Gasteiger partial charge in [0.2, 0.25) is 0 Å². The molecule has 1 fully saturated rings. The van der Waals surface area contributed by atoms with Crippen molar-refractivity contribution in [1.29, 1.82) is 0 Å². The van der Waals surface area contributed by atoms with Gasteiger partial charge in [-0.15, -0.1) is 0 Å². The zero-order valence-electron chi connectivity index (χ0n) is 15.0. The highest BCUT2D eigenvalue weighted by molar-refractivity contribution is 5.74. The number of carbonyl (C=O) groups is 1. The molecule has 2 N–H and O–H groups in total. The number of nitrogens with one attached hydrogen (secondary N) is 2. The van der Waals surface area contributed by atoms with Crippen LogP contribution in [0.1, 0.15) is 18.1 Å². The first-order chi connectivity index (χ1) is 12.1. The maximum Gasteiger partial charge on any atom is 0.315 e. The van der Waals surface area contributed by atoms with Gasteiger partial charge in [-0.2, -0.15) is 5.10 Å². The number of hydrogen-bond donors (Lipinski definition) is 2. The van der Waals surface area contributed by atoms with Crippen molar-refractivity contribution in [2.24, 2.45) is 13.0 Å². The summed E-state index contributed by atoms with van der Waals surface area (Å²) >= 11 is 0. The summed E-state index contributed by atoms with van der Waals surface area (Å²) in [6.45, 7) is 5.66. The van der Waals surface area contributed by atoms with E-state index >= 15 is 0 Å². The van der Waals surface area contributed by atoms with Gasteiger partial charge in [0.25, 0.3) is 0 Å². The molecule has 6 nitrogen and oxygen atoms in total. The maximum atomic E-state index is 12.1. The molecule has 0 saturated carbocycles.